The van der Waals surface area contributed by atoms with Crippen molar-refractivity contribution in [1.29, 1.82) is 0 Å². The molecule has 0 saturated carbocycles. The Bertz CT molecular complexity index is 796. The molecule has 2 N–H and O–H groups in total. The number of fused-ring (bicyclic) bond motifs is 1. The van der Waals surface area contributed by atoms with Crippen molar-refractivity contribution in [2.24, 2.45) is 0 Å². The van der Waals surface area contributed by atoms with Crippen LogP contribution in [0.15, 0.2) is 36.4 Å². The SMILES string of the molecule is CCCc1nc(N)c(C)c(-c2ccc3ccccc3n2)n1. The van der Waals surface area contributed by atoms with Gasteiger partial charge in [-0.15, -0.1) is 0 Å². The third kappa shape index (κ3) is 2.57. The Morgan fingerprint density at radius 3 is 2.62 bits per heavy atom. The van der Waals surface area contributed by atoms with E-state index in [1.165, 1.54) is 0 Å². The van der Waals surface area contributed by atoms with Gasteiger partial charge >= 0.3 is 0 Å². The summed E-state index contributed by atoms with van der Waals surface area (Å²) in [7, 11) is 0. The summed E-state index contributed by atoms with van der Waals surface area (Å²) in [6.07, 6.45) is 1.82. The van der Waals surface area contributed by atoms with Crippen LogP contribution < -0.4 is 5.73 Å². The van der Waals surface area contributed by atoms with E-state index < -0.39 is 0 Å². The van der Waals surface area contributed by atoms with Gasteiger partial charge in [-0.1, -0.05) is 31.2 Å². The first-order valence-corrected chi connectivity index (χ1v) is 7.18. The van der Waals surface area contributed by atoms with Gasteiger partial charge in [-0.2, -0.15) is 0 Å². The summed E-state index contributed by atoms with van der Waals surface area (Å²) >= 11 is 0. The molecule has 0 aliphatic carbocycles. The lowest BCUT2D eigenvalue weighted by Crippen LogP contribution is -2.05. The maximum Gasteiger partial charge on any atom is 0.131 e. The van der Waals surface area contributed by atoms with Crippen molar-refractivity contribution >= 4 is 16.7 Å². The predicted molar refractivity (Wildman–Crippen MR) is 85.9 cm³/mol. The first-order valence-electron chi connectivity index (χ1n) is 7.18. The van der Waals surface area contributed by atoms with Gasteiger partial charge in [0.1, 0.15) is 11.6 Å². The van der Waals surface area contributed by atoms with E-state index in [-0.39, 0.29) is 0 Å². The average molecular weight is 278 g/mol. The van der Waals surface area contributed by atoms with Gasteiger partial charge in [0, 0.05) is 17.4 Å². The Balaban J connectivity index is 2.16. The quantitative estimate of drug-likeness (QED) is 0.796. The van der Waals surface area contributed by atoms with E-state index in [2.05, 4.69) is 29.0 Å². The van der Waals surface area contributed by atoms with Gasteiger partial charge < -0.3 is 5.73 Å². The Hall–Kier alpha value is -2.49. The van der Waals surface area contributed by atoms with E-state index in [9.17, 15) is 0 Å². The van der Waals surface area contributed by atoms with Gasteiger partial charge in [0.05, 0.1) is 16.9 Å². The first kappa shape index (κ1) is 13.5. The Kier molecular flexibility index (Phi) is 3.52. The average Bonchev–Trinajstić information content (AvgIpc) is 2.50. The van der Waals surface area contributed by atoms with Crippen LogP contribution in [0.2, 0.25) is 0 Å². The van der Waals surface area contributed by atoms with E-state index >= 15 is 0 Å². The van der Waals surface area contributed by atoms with E-state index in [4.69, 9.17) is 10.7 Å². The van der Waals surface area contributed by atoms with Gasteiger partial charge in [0.25, 0.3) is 0 Å². The molecule has 0 unspecified atom stereocenters. The summed E-state index contributed by atoms with van der Waals surface area (Å²) in [5.74, 6) is 1.32. The number of pyridine rings is 1. The summed E-state index contributed by atoms with van der Waals surface area (Å²) in [5, 5.41) is 1.12. The Morgan fingerprint density at radius 1 is 1.00 bits per heavy atom. The van der Waals surface area contributed by atoms with Crippen LogP contribution in [0.3, 0.4) is 0 Å². The number of para-hydroxylation sites is 1. The van der Waals surface area contributed by atoms with Crippen molar-refractivity contribution in [3.05, 3.63) is 47.8 Å². The highest BCUT2D eigenvalue weighted by molar-refractivity contribution is 5.81. The summed E-state index contributed by atoms with van der Waals surface area (Å²) in [6, 6.07) is 12.1. The molecular formula is C17H18N4. The van der Waals surface area contributed by atoms with Crippen molar-refractivity contribution in [1.82, 2.24) is 15.0 Å². The minimum atomic E-state index is 0.540. The number of nitrogens with two attached hydrogens (primary N) is 1. The highest BCUT2D eigenvalue weighted by atomic mass is 15.0. The minimum absolute atomic E-state index is 0.540. The number of aromatic nitrogens is 3. The summed E-state index contributed by atoms with van der Waals surface area (Å²) < 4.78 is 0. The van der Waals surface area contributed by atoms with Crippen molar-refractivity contribution in [2.45, 2.75) is 26.7 Å². The summed E-state index contributed by atoms with van der Waals surface area (Å²) in [5.41, 5.74) is 9.55. The maximum absolute atomic E-state index is 6.02. The Labute approximate surface area is 124 Å². The molecule has 4 nitrogen and oxygen atoms in total. The van der Waals surface area contributed by atoms with Crippen LogP contribution >= 0.6 is 0 Å². The molecule has 0 aliphatic heterocycles. The molecule has 0 bridgehead atoms. The van der Waals surface area contributed by atoms with Crippen molar-refractivity contribution in [3.63, 3.8) is 0 Å². The van der Waals surface area contributed by atoms with E-state index in [1.807, 2.05) is 31.2 Å². The van der Waals surface area contributed by atoms with Crippen LogP contribution in [0.25, 0.3) is 22.3 Å². The molecule has 4 heteroatoms. The smallest absolute Gasteiger partial charge is 0.131 e. The summed E-state index contributed by atoms with van der Waals surface area (Å²) in [6.45, 7) is 4.05. The van der Waals surface area contributed by atoms with Crippen molar-refractivity contribution < 1.29 is 0 Å². The van der Waals surface area contributed by atoms with Gasteiger partial charge in [-0.05, 0) is 25.5 Å². The number of anilines is 1. The van der Waals surface area contributed by atoms with Crippen LogP contribution in [0.4, 0.5) is 5.82 Å². The van der Waals surface area contributed by atoms with Gasteiger partial charge in [0.2, 0.25) is 0 Å². The number of benzene rings is 1. The molecule has 0 fully saturated rings. The number of aryl methyl sites for hydroxylation is 1. The van der Waals surface area contributed by atoms with Gasteiger partial charge in [0.15, 0.2) is 0 Å². The Morgan fingerprint density at radius 2 is 1.81 bits per heavy atom. The third-order valence-corrected chi connectivity index (χ3v) is 3.54. The highest BCUT2D eigenvalue weighted by Crippen LogP contribution is 2.25. The van der Waals surface area contributed by atoms with Gasteiger partial charge in [-0.3, -0.25) is 0 Å². The predicted octanol–water partition coefficient (Wildman–Crippen LogP) is 3.53. The van der Waals surface area contributed by atoms with Crippen LogP contribution in [-0.4, -0.2) is 15.0 Å². The monoisotopic (exact) mass is 278 g/mol. The maximum atomic E-state index is 6.02. The van der Waals surface area contributed by atoms with E-state index in [0.29, 0.717) is 5.82 Å². The van der Waals surface area contributed by atoms with Crippen LogP contribution in [0.5, 0.6) is 0 Å². The molecule has 106 valence electrons. The van der Waals surface area contributed by atoms with Crippen molar-refractivity contribution in [2.75, 3.05) is 5.73 Å². The molecule has 0 aliphatic rings. The number of hydrogen-bond acceptors (Lipinski definition) is 4. The zero-order chi connectivity index (χ0) is 14.8. The van der Waals surface area contributed by atoms with E-state index in [1.54, 1.807) is 0 Å². The normalized spacial score (nSPS) is 11.0. The molecule has 2 aromatic heterocycles. The lowest BCUT2D eigenvalue weighted by molar-refractivity contribution is 0.835. The molecule has 3 aromatic rings. The number of hydrogen-bond donors (Lipinski definition) is 1. The lowest BCUT2D eigenvalue weighted by atomic mass is 10.1. The molecule has 0 radical (unpaired) electrons. The molecule has 21 heavy (non-hydrogen) atoms. The third-order valence-electron chi connectivity index (χ3n) is 3.54. The molecule has 3 rings (SSSR count). The van der Waals surface area contributed by atoms with E-state index in [0.717, 1.165) is 46.5 Å². The number of nitrogen functional groups attached to an aromatic ring is 1. The second-order valence-electron chi connectivity index (χ2n) is 5.14. The molecule has 0 saturated heterocycles. The van der Waals surface area contributed by atoms with Gasteiger partial charge in [-0.25, -0.2) is 15.0 Å². The van der Waals surface area contributed by atoms with Crippen molar-refractivity contribution in [3.8, 4) is 11.4 Å². The molecule has 0 atom stereocenters. The van der Waals surface area contributed by atoms with Crippen LogP contribution in [-0.2, 0) is 6.42 Å². The molecule has 0 amide bonds. The fourth-order valence-corrected chi connectivity index (χ4v) is 2.36. The topological polar surface area (TPSA) is 64.7 Å². The lowest BCUT2D eigenvalue weighted by Gasteiger charge is -2.10. The largest absolute Gasteiger partial charge is 0.383 e. The minimum Gasteiger partial charge on any atom is -0.383 e. The molecule has 0 spiro atoms. The zero-order valence-corrected chi connectivity index (χ0v) is 12.3. The first-order chi connectivity index (χ1) is 10.2. The van der Waals surface area contributed by atoms with Crippen LogP contribution in [0.1, 0.15) is 24.7 Å². The zero-order valence-electron chi connectivity index (χ0n) is 12.3. The van der Waals surface area contributed by atoms with Crippen LogP contribution in [0, 0.1) is 6.92 Å². The number of rotatable bonds is 3. The molecular weight excluding hydrogens is 260 g/mol. The second kappa shape index (κ2) is 5.48. The highest BCUT2D eigenvalue weighted by Gasteiger charge is 2.12. The second-order valence-corrected chi connectivity index (χ2v) is 5.14. The fourth-order valence-electron chi connectivity index (χ4n) is 2.36. The summed E-state index contributed by atoms with van der Waals surface area (Å²) in [4.78, 5) is 13.7. The number of nitrogens with zero attached hydrogens (tertiary/aromatic N) is 3. The molecule has 1 aromatic carbocycles. The fraction of sp³-hybridized carbons (Fsp3) is 0.235. The molecule has 2 heterocycles. The standard InChI is InChI=1S/C17H18N4/c1-3-6-15-20-16(11(2)17(18)21-15)14-10-9-12-7-4-5-8-13(12)19-14/h4-5,7-10H,3,6H2,1-2H3,(H2,18,20,21).